The van der Waals surface area contributed by atoms with Gasteiger partial charge in [-0.25, -0.2) is 8.42 Å². The topological polar surface area (TPSA) is 66.9 Å². The Morgan fingerprint density at radius 3 is 2.66 bits per heavy atom. The van der Waals surface area contributed by atoms with Crippen LogP contribution in [0.4, 0.5) is 11.4 Å². The van der Waals surface area contributed by atoms with Crippen LogP contribution in [-0.4, -0.2) is 34.5 Å². The molecule has 0 aromatic heterocycles. The molecule has 0 fully saturated rings. The smallest absolute Gasteiger partial charge is 0.265 e. The Morgan fingerprint density at radius 2 is 1.86 bits per heavy atom. The zero-order chi connectivity index (χ0) is 20.2. The summed E-state index contributed by atoms with van der Waals surface area (Å²) in [5.74, 6) is 0.520. The first-order valence-electron chi connectivity index (χ1n) is 9.52. The van der Waals surface area contributed by atoms with Crippen molar-refractivity contribution in [1.29, 1.82) is 0 Å². The van der Waals surface area contributed by atoms with Crippen LogP contribution < -0.4 is 13.9 Å². The maximum atomic E-state index is 13.2. The third-order valence-electron chi connectivity index (χ3n) is 5.67. The SMILES string of the molecule is COc1ccc2c(c1)CCCN2C(=O)CN1c2cccc3cccc(c23)S1(=O)=O. The molecule has 3 aromatic carbocycles. The normalized spacial score (nSPS) is 16.7. The van der Waals surface area contributed by atoms with E-state index in [1.807, 2.05) is 36.4 Å². The second-order valence-corrected chi connectivity index (χ2v) is 9.12. The van der Waals surface area contributed by atoms with Crippen LogP contribution in [0.3, 0.4) is 0 Å². The standard InChI is InChI=1S/C22H20N2O4S/c1-28-17-10-11-18-16(13-17)7-4-12-23(18)21(25)14-24-19-8-2-5-15-6-3-9-20(22(15)19)29(24,26)27/h2-3,5-6,8-11,13H,4,7,12,14H2,1H3. The highest BCUT2D eigenvalue weighted by atomic mass is 32.2. The fraction of sp³-hybridized carbons (Fsp3) is 0.227. The van der Waals surface area contributed by atoms with Crippen molar-refractivity contribution in [1.82, 2.24) is 0 Å². The van der Waals surface area contributed by atoms with Gasteiger partial charge in [0.25, 0.3) is 10.0 Å². The van der Waals surface area contributed by atoms with Gasteiger partial charge in [0.05, 0.1) is 17.7 Å². The zero-order valence-corrected chi connectivity index (χ0v) is 16.8. The van der Waals surface area contributed by atoms with Crippen molar-refractivity contribution in [2.24, 2.45) is 0 Å². The Bertz CT molecular complexity index is 1250. The number of amides is 1. The van der Waals surface area contributed by atoms with Crippen LogP contribution in [0.2, 0.25) is 0 Å². The van der Waals surface area contributed by atoms with Crippen LogP contribution in [0, 0.1) is 0 Å². The second kappa shape index (κ2) is 6.49. The largest absolute Gasteiger partial charge is 0.497 e. The average Bonchev–Trinajstić information content (AvgIpc) is 2.96. The van der Waals surface area contributed by atoms with Crippen molar-refractivity contribution < 1.29 is 17.9 Å². The molecule has 0 bridgehead atoms. The molecule has 0 N–H and O–H groups in total. The van der Waals surface area contributed by atoms with Crippen LogP contribution >= 0.6 is 0 Å². The number of methoxy groups -OCH3 is 1. The van der Waals surface area contributed by atoms with E-state index in [1.54, 1.807) is 30.2 Å². The molecule has 0 saturated carbocycles. The van der Waals surface area contributed by atoms with Crippen LogP contribution in [0.1, 0.15) is 12.0 Å². The average molecular weight is 408 g/mol. The fourth-order valence-corrected chi connectivity index (χ4v) is 5.96. The predicted molar refractivity (Wildman–Crippen MR) is 112 cm³/mol. The Labute approximate surface area is 169 Å². The number of hydrogen-bond acceptors (Lipinski definition) is 4. The number of hydrogen-bond donors (Lipinski definition) is 0. The van der Waals surface area contributed by atoms with E-state index in [-0.39, 0.29) is 17.3 Å². The maximum Gasteiger partial charge on any atom is 0.265 e. The molecule has 0 atom stereocenters. The van der Waals surface area contributed by atoms with E-state index in [9.17, 15) is 13.2 Å². The molecule has 1 amide bonds. The van der Waals surface area contributed by atoms with Crippen LogP contribution in [0.5, 0.6) is 5.75 Å². The predicted octanol–water partition coefficient (Wildman–Crippen LogP) is 3.34. The lowest BCUT2D eigenvalue weighted by atomic mass is 10.0. The van der Waals surface area contributed by atoms with Gasteiger partial charge in [-0.1, -0.05) is 24.3 Å². The molecule has 3 aromatic rings. The molecule has 0 aliphatic carbocycles. The van der Waals surface area contributed by atoms with Gasteiger partial charge in [0.1, 0.15) is 12.3 Å². The summed E-state index contributed by atoms with van der Waals surface area (Å²) in [7, 11) is -2.14. The number of carbonyl (C=O) groups excluding carboxylic acids is 1. The lowest BCUT2D eigenvalue weighted by molar-refractivity contribution is -0.117. The molecule has 2 heterocycles. The minimum Gasteiger partial charge on any atom is -0.497 e. The molecule has 0 spiro atoms. The number of anilines is 2. The van der Waals surface area contributed by atoms with Crippen LogP contribution in [0.25, 0.3) is 10.8 Å². The highest BCUT2D eigenvalue weighted by molar-refractivity contribution is 7.93. The van der Waals surface area contributed by atoms with Gasteiger partial charge in [0.15, 0.2) is 0 Å². The van der Waals surface area contributed by atoms with E-state index >= 15 is 0 Å². The Morgan fingerprint density at radius 1 is 1.07 bits per heavy atom. The number of carbonyl (C=O) groups is 1. The van der Waals surface area contributed by atoms with Gasteiger partial charge in [-0.2, -0.15) is 0 Å². The summed E-state index contributed by atoms with van der Waals surface area (Å²) in [5, 5.41) is 1.54. The molecule has 5 rings (SSSR count). The molecule has 2 aliphatic heterocycles. The fourth-order valence-electron chi connectivity index (χ4n) is 4.30. The number of aryl methyl sites for hydroxylation is 1. The van der Waals surface area contributed by atoms with Gasteiger partial charge in [-0.3, -0.25) is 9.10 Å². The monoisotopic (exact) mass is 408 g/mol. The molecule has 0 unspecified atom stereocenters. The Balaban J connectivity index is 1.51. The minimum atomic E-state index is -3.75. The van der Waals surface area contributed by atoms with E-state index in [2.05, 4.69) is 0 Å². The molecular formula is C22H20N2O4S. The van der Waals surface area contributed by atoms with Crippen LogP contribution in [0.15, 0.2) is 59.5 Å². The Kier molecular flexibility index (Phi) is 4.03. The molecule has 2 aliphatic rings. The first kappa shape index (κ1) is 18.0. The summed E-state index contributed by atoms with van der Waals surface area (Å²) in [6.07, 6.45) is 1.69. The summed E-state index contributed by atoms with van der Waals surface area (Å²) in [4.78, 5) is 15.2. The Hall–Kier alpha value is -3.06. The molecule has 148 valence electrons. The van der Waals surface area contributed by atoms with E-state index in [0.717, 1.165) is 35.2 Å². The third kappa shape index (κ3) is 2.68. The van der Waals surface area contributed by atoms with Crippen LogP contribution in [-0.2, 0) is 21.2 Å². The lowest BCUT2D eigenvalue weighted by Crippen LogP contribution is -2.43. The van der Waals surface area contributed by atoms with Crippen molar-refractivity contribution in [3.63, 3.8) is 0 Å². The first-order chi connectivity index (χ1) is 14.0. The van der Waals surface area contributed by atoms with Crippen molar-refractivity contribution >= 4 is 38.1 Å². The molecular weight excluding hydrogens is 388 g/mol. The van der Waals surface area contributed by atoms with Gasteiger partial charge in [-0.15, -0.1) is 0 Å². The number of fused-ring (bicyclic) bond motifs is 1. The number of nitrogens with zero attached hydrogens (tertiary/aromatic N) is 2. The van der Waals surface area contributed by atoms with Gasteiger partial charge in [0, 0.05) is 17.6 Å². The number of rotatable bonds is 3. The van der Waals surface area contributed by atoms with E-state index in [4.69, 9.17) is 4.74 Å². The van der Waals surface area contributed by atoms with Gasteiger partial charge in [-0.05, 0) is 54.1 Å². The molecule has 0 radical (unpaired) electrons. The zero-order valence-electron chi connectivity index (χ0n) is 16.0. The van der Waals surface area contributed by atoms with Crippen molar-refractivity contribution in [2.45, 2.75) is 17.7 Å². The van der Waals surface area contributed by atoms with E-state index < -0.39 is 10.0 Å². The summed E-state index contributed by atoms with van der Waals surface area (Å²) < 4.78 is 32.8. The highest BCUT2D eigenvalue weighted by Crippen LogP contribution is 2.42. The summed E-state index contributed by atoms with van der Waals surface area (Å²) in [6, 6.07) is 16.3. The second-order valence-electron chi connectivity index (χ2n) is 7.29. The maximum absolute atomic E-state index is 13.2. The molecule has 0 saturated heterocycles. The van der Waals surface area contributed by atoms with Crippen molar-refractivity contribution in [3.8, 4) is 5.75 Å². The summed E-state index contributed by atoms with van der Waals surface area (Å²) >= 11 is 0. The first-order valence-corrected chi connectivity index (χ1v) is 11.0. The highest BCUT2D eigenvalue weighted by Gasteiger charge is 2.38. The summed E-state index contributed by atoms with van der Waals surface area (Å²) in [6.45, 7) is 0.352. The van der Waals surface area contributed by atoms with Crippen molar-refractivity contribution in [3.05, 3.63) is 60.2 Å². The number of sulfonamides is 1. The summed E-state index contributed by atoms with van der Waals surface area (Å²) in [5.41, 5.74) is 2.44. The van der Waals surface area contributed by atoms with E-state index in [1.165, 1.54) is 4.31 Å². The van der Waals surface area contributed by atoms with Crippen molar-refractivity contribution in [2.75, 3.05) is 29.4 Å². The molecule has 7 heteroatoms. The minimum absolute atomic E-state index is 0.221. The lowest BCUT2D eigenvalue weighted by Gasteiger charge is -2.31. The quantitative estimate of drug-likeness (QED) is 0.667. The molecule has 29 heavy (non-hydrogen) atoms. The number of ether oxygens (including phenoxy) is 1. The van der Waals surface area contributed by atoms with Gasteiger partial charge >= 0.3 is 0 Å². The van der Waals surface area contributed by atoms with Gasteiger partial charge < -0.3 is 9.64 Å². The molecule has 6 nitrogen and oxygen atoms in total. The number of benzene rings is 3. The van der Waals surface area contributed by atoms with Gasteiger partial charge in [0.2, 0.25) is 5.91 Å². The van der Waals surface area contributed by atoms with E-state index in [0.29, 0.717) is 17.6 Å². The third-order valence-corrected chi connectivity index (χ3v) is 7.47.